The highest BCUT2D eigenvalue weighted by atomic mass is 32.2. The third kappa shape index (κ3) is 3.72. The van der Waals surface area contributed by atoms with Crippen LogP contribution in [-0.4, -0.2) is 59.9 Å². The molecule has 0 spiro atoms. The van der Waals surface area contributed by atoms with E-state index in [2.05, 4.69) is 4.98 Å². The Bertz CT molecular complexity index is 672. The molecule has 0 radical (unpaired) electrons. The van der Waals surface area contributed by atoms with E-state index in [4.69, 9.17) is 0 Å². The first-order valence-corrected chi connectivity index (χ1v) is 9.75. The molecule has 0 saturated carbocycles. The van der Waals surface area contributed by atoms with E-state index in [1.54, 1.807) is 10.5 Å². The molecule has 2 aliphatic rings. The van der Waals surface area contributed by atoms with Crippen LogP contribution >= 0.6 is 0 Å². The maximum absolute atomic E-state index is 12.5. The number of likely N-dealkylation sites (tertiary alicyclic amines) is 1. The van der Waals surface area contributed by atoms with Crippen molar-refractivity contribution < 1.29 is 13.2 Å². The molecule has 1 unspecified atom stereocenters. The highest BCUT2D eigenvalue weighted by Gasteiger charge is 2.37. The second kappa shape index (κ2) is 6.57. The lowest BCUT2D eigenvalue weighted by atomic mass is 10.0. The van der Waals surface area contributed by atoms with Crippen molar-refractivity contribution in [3.05, 3.63) is 29.6 Å². The number of nitrogens with zero attached hydrogens (tertiary/aromatic N) is 3. The number of aryl methyl sites for hydroxylation is 1. The smallest absolute Gasteiger partial charge is 0.227 e. The molecule has 1 aromatic heterocycles. The molecule has 0 aliphatic carbocycles. The van der Waals surface area contributed by atoms with Crippen molar-refractivity contribution in [3.8, 4) is 0 Å². The fraction of sp³-hybridized carbons (Fsp3) is 0.625. The second-order valence-electron chi connectivity index (χ2n) is 6.40. The largest absolute Gasteiger partial charge is 0.341 e. The van der Waals surface area contributed by atoms with Crippen molar-refractivity contribution in [2.75, 3.05) is 25.4 Å². The maximum Gasteiger partial charge on any atom is 0.227 e. The summed E-state index contributed by atoms with van der Waals surface area (Å²) in [4.78, 5) is 18.5. The summed E-state index contributed by atoms with van der Waals surface area (Å²) in [5, 5.41) is 0. The van der Waals surface area contributed by atoms with Gasteiger partial charge in [-0.05, 0) is 37.8 Å². The Morgan fingerprint density at radius 2 is 2.13 bits per heavy atom. The summed E-state index contributed by atoms with van der Waals surface area (Å²) in [7, 11) is -3.11. The van der Waals surface area contributed by atoms with Gasteiger partial charge in [-0.2, -0.15) is 4.31 Å². The van der Waals surface area contributed by atoms with Crippen LogP contribution in [0.25, 0.3) is 0 Å². The van der Waals surface area contributed by atoms with E-state index in [-0.39, 0.29) is 17.7 Å². The van der Waals surface area contributed by atoms with E-state index in [9.17, 15) is 13.2 Å². The molecular formula is C16H23N3O3S. The minimum atomic E-state index is -3.11. The third-order valence-corrected chi connectivity index (χ3v) is 6.62. The SMILES string of the molecule is Cc1ccc(CC(=O)N2CCCC(N3CCCS3(=O)=O)C2)cn1. The molecule has 3 heterocycles. The lowest BCUT2D eigenvalue weighted by Crippen LogP contribution is -2.50. The van der Waals surface area contributed by atoms with Gasteiger partial charge in [0.25, 0.3) is 0 Å². The average Bonchev–Trinajstić information content (AvgIpc) is 2.89. The van der Waals surface area contributed by atoms with Gasteiger partial charge in [0.15, 0.2) is 0 Å². The third-order valence-electron chi connectivity index (χ3n) is 4.62. The Morgan fingerprint density at radius 3 is 2.78 bits per heavy atom. The van der Waals surface area contributed by atoms with Gasteiger partial charge in [-0.3, -0.25) is 9.78 Å². The number of rotatable bonds is 3. The molecule has 6 nitrogen and oxygen atoms in total. The number of hydrogen-bond donors (Lipinski definition) is 0. The standard InChI is InChI=1S/C16H23N3O3S/c1-13-5-6-14(11-17-13)10-16(20)18-7-2-4-15(12-18)19-8-3-9-23(19,21)22/h5-6,11,15H,2-4,7-10,12H2,1H3. The molecule has 1 aromatic rings. The topological polar surface area (TPSA) is 70.6 Å². The molecule has 2 fully saturated rings. The summed E-state index contributed by atoms with van der Waals surface area (Å²) in [6, 6.07) is 3.77. The fourth-order valence-corrected chi connectivity index (χ4v) is 5.14. The van der Waals surface area contributed by atoms with Gasteiger partial charge in [-0.1, -0.05) is 6.07 Å². The first-order chi connectivity index (χ1) is 11.0. The van der Waals surface area contributed by atoms with E-state index in [0.29, 0.717) is 32.5 Å². The zero-order valence-corrected chi connectivity index (χ0v) is 14.3. The first kappa shape index (κ1) is 16.4. The minimum absolute atomic E-state index is 0.0527. The Hall–Kier alpha value is -1.47. The molecule has 2 saturated heterocycles. The molecule has 0 bridgehead atoms. The van der Waals surface area contributed by atoms with Crippen molar-refractivity contribution in [1.29, 1.82) is 0 Å². The van der Waals surface area contributed by atoms with Crippen LogP contribution in [0.4, 0.5) is 0 Å². The van der Waals surface area contributed by atoms with Crippen LogP contribution in [-0.2, 0) is 21.2 Å². The molecule has 0 N–H and O–H groups in total. The number of pyridine rings is 1. The summed E-state index contributed by atoms with van der Waals surface area (Å²) in [5.74, 6) is 0.295. The zero-order chi connectivity index (χ0) is 16.4. The first-order valence-electron chi connectivity index (χ1n) is 8.14. The molecule has 3 rings (SSSR count). The molecule has 1 amide bonds. The Morgan fingerprint density at radius 1 is 1.30 bits per heavy atom. The van der Waals surface area contributed by atoms with Crippen LogP contribution in [0.2, 0.25) is 0 Å². The van der Waals surface area contributed by atoms with Gasteiger partial charge in [0.05, 0.1) is 12.2 Å². The molecule has 2 aliphatic heterocycles. The fourth-order valence-electron chi connectivity index (χ4n) is 3.37. The summed E-state index contributed by atoms with van der Waals surface area (Å²) in [6.07, 6.45) is 4.46. The molecule has 23 heavy (non-hydrogen) atoms. The minimum Gasteiger partial charge on any atom is -0.341 e. The van der Waals surface area contributed by atoms with Gasteiger partial charge in [0.1, 0.15) is 0 Å². The van der Waals surface area contributed by atoms with Crippen LogP contribution in [0.1, 0.15) is 30.5 Å². The van der Waals surface area contributed by atoms with Gasteiger partial charge in [-0.25, -0.2) is 8.42 Å². The van der Waals surface area contributed by atoms with E-state index in [1.165, 1.54) is 0 Å². The van der Waals surface area contributed by atoms with Crippen LogP contribution in [0, 0.1) is 6.92 Å². The molecule has 1 atom stereocenters. The summed E-state index contributed by atoms with van der Waals surface area (Å²) >= 11 is 0. The van der Waals surface area contributed by atoms with E-state index in [1.807, 2.05) is 24.0 Å². The van der Waals surface area contributed by atoms with Crippen molar-refractivity contribution in [2.24, 2.45) is 0 Å². The van der Waals surface area contributed by atoms with E-state index < -0.39 is 10.0 Å². The van der Waals surface area contributed by atoms with E-state index in [0.717, 1.165) is 24.1 Å². The number of hydrogen-bond acceptors (Lipinski definition) is 4. The monoisotopic (exact) mass is 337 g/mol. The van der Waals surface area contributed by atoms with Crippen LogP contribution < -0.4 is 0 Å². The van der Waals surface area contributed by atoms with Crippen molar-refractivity contribution >= 4 is 15.9 Å². The number of carbonyl (C=O) groups is 1. The lowest BCUT2D eigenvalue weighted by molar-refractivity contribution is -0.132. The van der Waals surface area contributed by atoms with Crippen LogP contribution in [0.3, 0.4) is 0 Å². The van der Waals surface area contributed by atoms with Gasteiger partial charge in [0.2, 0.25) is 15.9 Å². The van der Waals surface area contributed by atoms with Gasteiger partial charge in [-0.15, -0.1) is 0 Å². The predicted octanol–water partition coefficient (Wildman–Crippen LogP) is 0.959. The zero-order valence-electron chi connectivity index (χ0n) is 13.4. The van der Waals surface area contributed by atoms with Crippen molar-refractivity contribution in [1.82, 2.24) is 14.2 Å². The van der Waals surface area contributed by atoms with Crippen molar-refractivity contribution in [3.63, 3.8) is 0 Å². The Labute approximate surface area is 137 Å². The second-order valence-corrected chi connectivity index (χ2v) is 8.44. The average molecular weight is 337 g/mol. The predicted molar refractivity (Wildman–Crippen MR) is 87.4 cm³/mol. The number of aromatic nitrogens is 1. The van der Waals surface area contributed by atoms with Gasteiger partial charge < -0.3 is 4.90 Å². The Kier molecular flexibility index (Phi) is 4.68. The van der Waals surface area contributed by atoms with Crippen molar-refractivity contribution in [2.45, 2.75) is 38.6 Å². The maximum atomic E-state index is 12.5. The highest BCUT2D eigenvalue weighted by Crippen LogP contribution is 2.24. The number of amides is 1. The Balaban J connectivity index is 1.64. The molecular weight excluding hydrogens is 314 g/mol. The number of carbonyl (C=O) groups excluding carboxylic acids is 1. The normalized spacial score (nSPS) is 24.7. The lowest BCUT2D eigenvalue weighted by Gasteiger charge is -2.36. The number of sulfonamides is 1. The molecule has 0 aromatic carbocycles. The van der Waals surface area contributed by atoms with Gasteiger partial charge in [0, 0.05) is 37.6 Å². The highest BCUT2D eigenvalue weighted by molar-refractivity contribution is 7.89. The molecule has 126 valence electrons. The molecule has 7 heteroatoms. The van der Waals surface area contributed by atoms with Crippen LogP contribution in [0.5, 0.6) is 0 Å². The number of piperidine rings is 1. The summed E-state index contributed by atoms with van der Waals surface area (Å²) in [6.45, 7) is 3.73. The summed E-state index contributed by atoms with van der Waals surface area (Å²) < 4.78 is 25.8. The van der Waals surface area contributed by atoms with E-state index >= 15 is 0 Å². The van der Waals surface area contributed by atoms with Crippen LogP contribution in [0.15, 0.2) is 18.3 Å². The quantitative estimate of drug-likeness (QED) is 0.824. The summed E-state index contributed by atoms with van der Waals surface area (Å²) in [5.41, 5.74) is 1.83. The van der Waals surface area contributed by atoms with Gasteiger partial charge >= 0.3 is 0 Å².